The van der Waals surface area contributed by atoms with Crippen molar-refractivity contribution in [2.24, 2.45) is 0 Å². The quantitative estimate of drug-likeness (QED) is 0.891. The van der Waals surface area contributed by atoms with E-state index in [2.05, 4.69) is 32.5 Å². The maximum Gasteiger partial charge on any atom is 0.271 e. The summed E-state index contributed by atoms with van der Waals surface area (Å²) in [5.74, 6) is -0.241. The average Bonchev–Trinajstić information content (AvgIpc) is 2.57. The van der Waals surface area contributed by atoms with Gasteiger partial charge in [0.25, 0.3) is 11.5 Å². The van der Waals surface area contributed by atoms with Crippen LogP contribution in [0.15, 0.2) is 47.3 Å². The molecule has 1 saturated heterocycles. The van der Waals surface area contributed by atoms with Crippen LogP contribution in [0, 0.1) is 0 Å². The van der Waals surface area contributed by atoms with Crippen LogP contribution in [0.1, 0.15) is 23.3 Å². The first-order valence-electron chi connectivity index (χ1n) is 7.39. The van der Waals surface area contributed by atoms with Gasteiger partial charge in [-0.3, -0.25) is 9.59 Å². The third-order valence-corrected chi connectivity index (χ3v) is 3.86. The number of aromatic amines is 1. The number of nitrogens with one attached hydrogen (secondary N) is 2. The number of nitrogens with zero attached hydrogens (tertiary/aromatic N) is 2. The number of para-hydroxylation sites is 1. The van der Waals surface area contributed by atoms with Crippen molar-refractivity contribution in [1.82, 2.24) is 15.5 Å². The van der Waals surface area contributed by atoms with Gasteiger partial charge in [0, 0.05) is 30.9 Å². The minimum atomic E-state index is -0.312. The first-order valence-corrected chi connectivity index (χ1v) is 7.39. The molecule has 0 atom stereocenters. The van der Waals surface area contributed by atoms with Crippen LogP contribution in [0.4, 0.5) is 5.69 Å². The zero-order chi connectivity index (χ0) is 15.4. The zero-order valence-electron chi connectivity index (χ0n) is 12.2. The van der Waals surface area contributed by atoms with Gasteiger partial charge >= 0.3 is 0 Å². The predicted molar refractivity (Wildman–Crippen MR) is 84.0 cm³/mol. The van der Waals surface area contributed by atoms with Crippen molar-refractivity contribution in [3.63, 3.8) is 0 Å². The SMILES string of the molecule is O=C(NC1CCN(c2ccccc2)CC1)c1ccc(=O)[nH]n1. The highest BCUT2D eigenvalue weighted by Crippen LogP contribution is 2.19. The maximum absolute atomic E-state index is 12.1. The number of H-pyrrole nitrogens is 1. The Morgan fingerprint density at radius 3 is 2.50 bits per heavy atom. The van der Waals surface area contributed by atoms with Crippen LogP contribution >= 0.6 is 0 Å². The molecule has 2 heterocycles. The van der Waals surface area contributed by atoms with Crippen molar-refractivity contribution in [3.8, 4) is 0 Å². The predicted octanol–water partition coefficient (Wildman–Crippen LogP) is 1.17. The molecule has 6 nitrogen and oxygen atoms in total. The summed E-state index contributed by atoms with van der Waals surface area (Å²) < 4.78 is 0. The minimum Gasteiger partial charge on any atom is -0.371 e. The van der Waals surface area contributed by atoms with Crippen LogP contribution in [0.3, 0.4) is 0 Å². The molecule has 0 unspecified atom stereocenters. The van der Waals surface area contributed by atoms with E-state index in [1.165, 1.54) is 17.8 Å². The Bertz CT molecular complexity index is 670. The van der Waals surface area contributed by atoms with Crippen molar-refractivity contribution in [1.29, 1.82) is 0 Å². The summed E-state index contributed by atoms with van der Waals surface area (Å²) in [6.45, 7) is 1.82. The Morgan fingerprint density at radius 1 is 1.14 bits per heavy atom. The van der Waals surface area contributed by atoms with Crippen molar-refractivity contribution < 1.29 is 4.79 Å². The Hall–Kier alpha value is -2.63. The van der Waals surface area contributed by atoms with Gasteiger partial charge in [-0.15, -0.1) is 0 Å². The molecule has 0 radical (unpaired) electrons. The van der Waals surface area contributed by atoms with Crippen LogP contribution in [-0.2, 0) is 0 Å². The van der Waals surface area contributed by atoms with Gasteiger partial charge < -0.3 is 10.2 Å². The topological polar surface area (TPSA) is 78.1 Å². The summed E-state index contributed by atoms with van der Waals surface area (Å²) in [6.07, 6.45) is 1.79. The van der Waals surface area contributed by atoms with E-state index in [-0.39, 0.29) is 23.2 Å². The molecule has 1 aromatic carbocycles. The first kappa shape index (κ1) is 14.3. The van der Waals surface area contributed by atoms with Gasteiger partial charge in [0.15, 0.2) is 0 Å². The molecule has 1 aromatic heterocycles. The second-order valence-corrected chi connectivity index (χ2v) is 5.38. The Labute approximate surface area is 128 Å². The fourth-order valence-electron chi connectivity index (χ4n) is 2.65. The summed E-state index contributed by atoms with van der Waals surface area (Å²) in [5.41, 5.74) is 1.15. The van der Waals surface area contributed by atoms with Gasteiger partial charge in [0.05, 0.1) is 0 Å². The molecule has 1 aliphatic rings. The number of aromatic nitrogens is 2. The smallest absolute Gasteiger partial charge is 0.271 e. The van der Waals surface area contributed by atoms with E-state index in [4.69, 9.17) is 0 Å². The molecule has 1 fully saturated rings. The lowest BCUT2D eigenvalue weighted by Gasteiger charge is -2.33. The molecule has 0 bridgehead atoms. The van der Waals surface area contributed by atoms with Crippen LogP contribution < -0.4 is 15.8 Å². The molecule has 114 valence electrons. The van der Waals surface area contributed by atoms with Gasteiger partial charge in [0.2, 0.25) is 0 Å². The second-order valence-electron chi connectivity index (χ2n) is 5.38. The molecule has 1 aliphatic heterocycles. The molecule has 1 amide bonds. The van der Waals surface area contributed by atoms with Crippen LogP contribution in [0.25, 0.3) is 0 Å². The summed E-state index contributed by atoms with van der Waals surface area (Å²) in [7, 11) is 0. The van der Waals surface area contributed by atoms with Gasteiger partial charge in [-0.05, 0) is 31.0 Å². The molecule has 2 aromatic rings. The highest BCUT2D eigenvalue weighted by atomic mass is 16.2. The number of hydrogen-bond donors (Lipinski definition) is 2. The van der Waals surface area contributed by atoms with Crippen molar-refractivity contribution in [3.05, 3.63) is 58.5 Å². The van der Waals surface area contributed by atoms with E-state index >= 15 is 0 Å². The maximum atomic E-state index is 12.1. The van der Waals surface area contributed by atoms with E-state index in [0.29, 0.717) is 0 Å². The van der Waals surface area contributed by atoms with Crippen molar-refractivity contribution in [2.75, 3.05) is 18.0 Å². The number of carbonyl (C=O) groups excluding carboxylic acids is 1. The molecule has 6 heteroatoms. The monoisotopic (exact) mass is 298 g/mol. The summed E-state index contributed by atoms with van der Waals surface area (Å²) in [6, 6.07) is 13.2. The highest BCUT2D eigenvalue weighted by Gasteiger charge is 2.21. The fraction of sp³-hybridized carbons (Fsp3) is 0.312. The van der Waals surface area contributed by atoms with E-state index < -0.39 is 0 Å². The molecule has 0 saturated carbocycles. The molecule has 0 aliphatic carbocycles. The van der Waals surface area contributed by atoms with E-state index in [1.54, 1.807) is 0 Å². The van der Waals surface area contributed by atoms with Crippen molar-refractivity contribution >= 4 is 11.6 Å². The Balaban J connectivity index is 1.54. The molecule has 0 spiro atoms. The summed E-state index contributed by atoms with van der Waals surface area (Å²) in [4.78, 5) is 25.3. The highest BCUT2D eigenvalue weighted by molar-refractivity contribution is 5.92. The largest absolute Gasteiger partial charge is 0.371 e. The normalized spacial score (nSPS) is 15.5. The average molecular weight is 298 g/mol. The number of carbonyl (C=O) groups is 1. The number of benzene rings is 1. The third-order valence-electron chi connectivity index (χ3n) is 3.86. The van der Waals surface area contributed by atoms with Gasteiger partial charge in [-0.25, -0.2) is 5.10 Å². The minimum absolute atomic E-state index is 0.140. The Morgan fingerprint density at radius 2 is 1.86 bits per heavy atom. The lowest BCUT2D eigenvalue weighted by atomic mass is 10.0. The first-order chi connectivity index (χ1) is 10.7. The van der Waals surface area contributed by atoms with E-state index in [1.807, 2.05) is 18.2 Å². The molecular formula is C16H18N4O2. The van der Waals surface area contributed by atoms with Gasteiger partial charge in [-0.1, -0.05) is 18.2 Å². The Kier molecular flexibility index (Phi) is 4.18. The number of rotatable bonds is 3. The number of hydrogen-bond acceptors (Lipinski definition) is 4. The van der Waals surface area contributed by atoms with Crippen LogP contribution in [0.5, 0.6) is 0 Å². The molecule has 2 N–H and O–H groups in total. The third kappa shape index (κ3) is 3.33. The molecule has 3 rings (SSSR count). The van der Waals surface area contributed by atoms with Gasteiger partial charge in [0.1, 0.15) is 5.69 Å². The standard InChI is InChI=1S/C16H18N4O2/c21-15-7-6-14(18-19-15)16(22)17-12-8-10-20(11-9-12)13-4-2-1-3-5-13/h1-7,12H,8-11H2,(H,17,22)(H,19,21). The number of amides is 1. The van der Waals surface area contributed by atoms with E-state index in [9.17, 15) is 9.59 Å². The lowest BCUT2D eigenvalue weighted by Crippen LogP contribution is -2.45. The zero-order valence-corrected chi connectivity index (χ0v) is 12.2. The molecule has 22 heavy (non-hydrogen) atoms. The van der Waals surface area contributed by atoms with Crippen LogP contribution in [-0.4, -0.2) is 35.2 Å². The fourth-order valence-corrected chi connectivity index (χ4v) is 2.65. The molecular weight excluding hydrogens is 280 g/mol. The number of anilines is 1. The number of piperidine rings is 1. The summed E-state index contributed by atoms with van der Waals surface area (Å²) >= 11 is 0. The summed E-state index contributed by atoms with van der Waals surface area (Å²) in [5, 5.41) is 8.99. The van der Waals surface area contributed by atoms with Crippen molar-refractivity contribution in [2.45, 2.75) is 18.9 Å². The van der Waals surface area contributed by atoms with Gasteiger partial charge in [-0.2, -0.15) is 5.10 Å². The lowest BCUT2D eigenvalue weighted by molar-refractivity contribution is 0.0925. The van der Waals surface area contributed by atoms with Crippen LogP contribution in [0.2, 0.25) is 0 Å². The van der Waals surface area contributed by atoms with E-state index in [0.717, 1.165) is 25.9 Å². The second kappa shape index (κ2) is 6.43.